The van der Waals surface area contributed by atoms with Gasteiger partial charge in [-0.2, -0.15) is 0 Å². The van der Waals surface area contributed by atoms with E-state index in [0.717, 1.165) is 28.6 Å². The lowest BCUT2D eigenvalue weighted by Crippen LogP contribution is -2.31. The highest BCUT2D eigenvalue weighted by molar-refractivity contribution is 9.10. The first kappa shape index (κ1) is 14.2. The molecule has 0 saturated heterocycles. The van der Waals surface area contributed by atoms with Gasteiger partial charge in [0.15, 0.2) is 5.78 Å². The highest BCUT2D eigenvalue weighted by atomic mass is 79.9. The second-order valence-corrected chi connectivity index (χ2v) is 5.21. The van der Waals surface area contributed by atoms with Crippen LogP contribution in [0.25, 0.3) is 0 Å². The van der Waals surface area contributed by atoms with E-state index in [2.05, 4.69) is 41.7 Å². The maximum atomic E-state index is 11.7. The molecule has 0 aliphatic rings. The van der Waals surface area contributed by atoms with Gasteiger partial charge >= 0.3 is 0 Å². The first-order valence-corrected chi connectivity index (χ1v) is 6.83. The summed E-state index contributed by atoms with van der Waals surface area (Å²) >= 11 is 3.41. The zero-order chi connectivity index (χ0) is 13.0. The van der Waals surface area contributed by atoms with Gasteiger partial charge in [0.05, 0.1) is 0 Å². The lowest BCUT2D eigenvalue weighted by molar-refractivity contribution is 0.101. The largest absolute Gasteiger partial charge is 0.371 e. The fourth-order valence-corrected chi connectivity index (χ4v) is 2.49. The summed E-state index contributed by atoms with van der Waals surface area (Å²) in [5, 5.41) is 0. The van der Waals surface area contributed by atoms with Crippen LogP contribution in [-0.2, 0) is 0 Å². The molecule has 94 valence electrons. The predicted molar refractivity (Wildman–Crippen MR) is 76.9 cm³/mol. The highest BCUT2D eigenvalue weighted by Gasteiger charge is 2.16. The number of hydrogen-bond acceptors (Lipinski definition) is 2. The number of benzene rings is 1. The van der Waals surface area contributed by atoms with Crippen LogP contribution >= 0.6 is 15.9 Å². The first-order chi connectivity index (χ1) is 8.01. The monoisotopic (exact) mass is 297 g/mol. The Balaban J connectivity index is 3.16. The Labute approximate surface area is 112 Å². The van der Waals surface area contributed by atoms with Crippen molar-refractivity contribution < 1.29 is 4.79 Å². The second kappa shape index (κ2) is 6.20. The smallest absolute Gasteiger partial charge is 0.161 e. The lowest BCUT2D eigenvalue weighted by Gasteiger charge is -2.30. The molecule has 0 aliphatic heterocycles. The molecule has 0 N–H and O–H groups in total. The molecule has 2 nitrogen and oxygen atoms in total. The van der Waals surface area contributed by atoms with E-state index in [1.54, 1.807) is 6.92 Å². The van der Waals surface area contributed by atoms with E-state index in [0.29, 0.717) is 6.04 Å². The van der Waals surface area contributed by atoms with Crippen molar-refractivity contribution in [1.29, 1.82) is 0 Å². The number of rotatable bonds is 5. The van der Waals surface area contributed by atoms with Gasteiger partial charge in [0.1, 0.15) is 0 Å². The summed E-state index contributed by atoms with van der Waals surface area (Å²) in [5.41, 5.74) is 1.81. The molecule has 1 aromatic rings. The number of ketones is 1. The summed E-state index contributed by atoms with van der Waals surface area (Å²) in [6, 6.07) is 6.38. The number of anilines is 1. The first-order valence-electron chi connectivity index (χ1n) is 6.04. The Morgan fingerprint density at radius 3 is 2.41 bits per heavy atom. The van der Waals surface area contributed by atoms with Crippen molar-refractivity contribution in [2.45, 2.75) is 39.7 Å². The molecule has 1 aromatic carbocycles. The van der Waals surface area contributed by atoms with E-state index in [4.69, 9.17) is 0 Å². The minimum absolute atomic E-state index is 0.110. The molecule has 0 spiro atoms. The highest BCUT2D eigenvalue weighted by Crippen LogP contribution is 2.27. The molecule has 0 aliphatic carbocycles. The molecule has 0 radical (unpaired) electrons. The molecule has 0 atom stereocenters. The molecule has 0 aromatic heterocycles. The van der Waals surface area contributed by atoms with Crippen LogP contribution in [-0.4, -0.2) is 18.9 Å². The topological polar surface area (TPSA) is 20.3 Å². The number of carbonyl (C=O) groups excluding carboxylic acids is 1. The molecule has 0 bridgehead atoms. The molecule has 17 heavy (non-hydrogen) atoms. The van der Waals surface area contributed by atoms with Crippen LogP contribution in [0.15, 0.2) is 22.7 Å². The van der Waals surface area contributed by atoms with E-state index in [-0.39, 0.29) is 5.78 Å². The fraction of sp³-hybridized carbons (Fsp3) is 0.500. The third kappa shape index (κ3) is 3.32. The van der Waals surface area contributed by atoms with E-state index < -0.39 is 0 Å². The van der Waals surface area contributed by atoms with Crippen molar-refractivity contribution in [3.05, 3.63) is 28.2 Å². The summed E-state index contributed by atoms with van der Waals surface area (Å²) in [6.45, 7) is 5.97. The number of nitrogens with zero attached hydrogens (tertiary/aromatic N) is 1. The molecule has 0 amide bonds. The number of halogens is 1. The zero-order valence-electron chi connectivity index (χ0n) is 11.0. The lowest BCUT2D eigenvalue weighted by atomic mass is 10.1. The summed E-state index contributed by atoms with van der Waals surface area (Å²) in [6.07, 6.45) is 2.17. The average molecular weight is 298 g/mol. The van der Waals surface area contributed by atoms with Gasteiger partial charge in [-0.25, -0.2) is 0 Å². The summed E-state index contributed by atoms with van der Waals surface area (Å²) in [4.78, 5) is 13.9. The summed E-state index contributed by atoms with van der Waals surface area (Å²) < 4.78 is 0.949. The Kier molecular flexibility index (Phi) is 5.19. The van der Waals surface area contributed by atoms with Crippen molar-refractivity contribution >= 4 is 27.4 Å². The number of hydrogen-bond donors (Lipinski definition) is 0. The third-order valence-electron chi connectivity index (χ3n) is 3.21. The standard InChI is InChI=1S/C14H20BrNO/c1-5-12(6-2)16(4)14-8-7-11(15)9-13(14)10(3)17/h7-9,12H,5-6H2,1-4H3. The summed E-state index contributed by atoms with van der Waals surface area (Å²) in [5.74, 6) is 0.110. The number of carbonyl (C=O) groups is 1. The normalized spacial score (nSPS) is 10.7. The molecule has 0 unspecified atom stereocenters. The zero-order valence-corrected chi connectivity index (χ0v) is 12.5. The van der Waals surface area contributed by atoms with Crippen LogP contribution in [0.1, 0.15) is 44.0 Å². The Morgan fingerprint density at radius 1 is 1.35 bits per heavy atom. The van der Waals surface area contributed by atoms with Crippen LogP contribution in [0, 0.1) is 0 Å². The molecular weight excluding hydrogens is 278 g/mol. The fourth-order valence-electron chi connectivity index (χ4n) is 2.13. The van der Waals surface area contributed by atoms with Gasteiger partial charge in [0.25, 0.3) is 0 Å². The van der Waals surface area contributed by atoms with Gasteiger partial charge in [-0.15, -0.1) is 0 Å². The Morgan fingerprint density at radius 2 is 1.94 bits per heavy atom. The van der Waals surface area contributed by atoms with E-state index in [1.807, 2.05) is 18.2 Å². The summed E-state index contributed by atoms with van der Waals surface area (Å²) in [7, 11) is 2.06. The van der Waals surface area contributed by atoms with Crippen molar-refractivity contribution in [3.8, 4) is 0 Å². The minimum Gasteiger partial charge on any atom is -0.371 e. The maximum Gasteiger partial charge on any atom is 0.161 e. The molecular formula is C14H20BrNO. The van der Waals surface area contributed by atoms with Crippen LogP contribution in [0.4, 0.5) is 5.69 Å². The van der Waals surface area contributed by atoms with Gasteiger partial charge in [0, 0.05) is 28.8 Å². The Bertz CT molecular complexity index is 399. The van der Waals surface area contributed by atoms with Crippen molar-refractivity contribution in [2.75, 3.05) is 11.9 Å². The van der Waals surface area contributed by atoms with Crippen LogP contribution in [0.3, 0.4) is 0 Å². The molecule has 0 heterocycles. The van der Waals surface area contributed by atoms with Crippen LogP contribution in [0.2, 0.25) is 0 Å². The molecule has 1 rings (SSSR count). The van der Waals surface area contributed by atoms with Gasteiger partial charge < -0.3 is 4.90 Å². The van der Waals surface area contributed by atoms with Crippen molar-refractivity contribution in [1.82, 2.24) is 0 Å². The van der Waals surface area contributed by atoms with Gasteiger partial charge in [0.2, 0.25) is 0 Å². The van der Waals surface area contributed by atoms with Gasteiger partial charge in [-0.05, 0) is 38.0 Å². The third-order valence-corrected chi connectivity index (χ3v) is 3.70. The van der Waals surface area contributed by atoms with Crippen molar-refractivity contribution in [2.24, 2.45) is 0 Å². The molecule has 0 fully saturated rings. The predicted octanol–water partition coefficient (Wildman–Crippen LogP) is 4.28. The minimum atomic E-state index is 0.110. The van der Waals surface area contributed by atoms with Gasteiger partial charge in [-0.3, -0.25) is 4.79 Å². The Hall–Kier alpha value is -0.830. The van der Waals surface area contributed by atoms with E-state index >= 15 is 0 Å². The maximum absolute atomic E-state index is 11.7. The van der Waals surface area contributed by atoms with Crippen molar-refractivity contribution in [3.63, 3.8) is 0 Å². The molecule has 3 heteroatoms. The number of Topliss-reactive ketones (excluding diaryl/α,β-unsaturated/α-hetero) is 1. The van der Waals surface area contributed by atoms with E-state index in [9.17, 15) is 4.79 Å². The quantitative estimate of drug-likeness (QED) is 0.756. The molecule has 0 saturated carbocycles. The van der Waals surface area contributed by atoms with E-state index in [1.165, 1.54) is 0 Å². The van der Waals surface area contributed by atoms with Crippen LogP contribution < -0.4 is 4.90 Å². The van der Waals surface area contributed by atoms with Crippen LogP contribution in [0.5, 0.6) is 0 Å². The average Bonchev–Trinajstić information content (AvgIpc) is 2.30. The van der Waals surface area contributed by atoms with Gasteiger partial charge in [-0.1, -0.05) is 29.8 Å². The SMILES string of the molecule is CCC(CC)N(C)c1ccc(Br)cc1C(C)=O. The second-order valence-electron chi connectivity index (χ2n) is 4.30.